The molecule has 0 bridgehead atoms. The summed E-state index contributed by atoms with van der Waals surface area (Å²) in [5, 5.41) is 22.3. The van der Waals surface area contributed by atoms with Crippen LogP contribution in [0.1, 0.15) is 5.76 Å². The van der Waals surface area contributed by atoms with Crippen molar-refractivity contribution in [1.82, 2.24) is 14.9 Å². The number of nitrogens with zero attached hydrogens (tertiary/aromatic N) is 5. The van der Waals surface area contributed by atoms with Crippen LogP contribution in [-0.2, 0) is 0 Å². The Balaban J connectivity index is 1.90. The van der Waals surface area contributed by atoms with Crippen LogP contribution in [0.3, 0.4) is 0 Å². The van der Waals surface area contributed by atoms with Crippen molar-refractivity contribution >= 4 is 11.9 Å². The third kappa shape index (κ3) is 2.68. The molecule has 0 unspecified atom stereocenters. The first kappa shape index (κ1) is 12.7. The van der Waals surface area contributed by atoms with E-state index >= 15 is 0 Å². The highest BCUT2D eigenvalue weighted by Gasteiger charge is 2.16. The Morgan fingerprint density at radius 3 is 2.71 bits per heavy atom. The van der Waals surface area contributed by atoms with E-state index in [0.29, 0.717) is 17.1 Å². The maximum atomic E-state index is 11.0. The molecule has 0 radical (unpaired) electrons. The molecular weight excluding hydrogens is 274 g/mol. The van der Waals surface area contributed by atoms with Crippen molar-refractivity contribution < 1.29 is 9.34 Å². The molecule has 0 aliphatic carbocycles. The number of para-hydroxylation sites is 1. The minimum Gasteiger partial charge on any atom is -0.455 e. The molecule has 2 aromatic heterocycles. The number of hydrogen-bond donors (Lipinski definition) is 0. The van der Waals surface area contributed by atoms with Gasteiger partial charge in [0.05, 0.1) is 16.7 Å². The second-order valence-corrected chi connectivity index (χ2v) is 4.06. The first-order valence-corrected chi connectivity index (χ1v) is 5.96. The summed E-state index contributed by atoms with van der Waals surface area (Å²) in [5.41, 5.74) is 0.417. The summed E-state index contributed by atoms with van der Waals surface area (Å²) in [6.07, 6.45) is 4.34. The Morgan fingerprint density at radius 1 is 1.19 bits per heavy atom. The fourth-order valence-corrected chi connectivity index (χ4v) is 1.79. The molecule has 0 aliphatic heterocycles. The first-order valence-electron chi connectivity index (χ1n) is 5.96. The summed E-state index contributed by atoms with van der Waals surface area (Å²) < 4.78 is 6.96. The van der Waals surface area contributed by atoms with Crippen LogP contribution in [0.2, 0.25) is 0 Å². The maximum absolute atomic E-state index is 11.0. The molecule has 1 aromatic carbocycles. The molecule has 8 heteroatoms. The van der Waals surface area contributed by atoms with E-state index in [4.69, 9.17) is 4.42 Å². The molecule has 0 amide bonds. The van der Waals surface area contributed by atoms with Gasteiger partial charge < -0.3 is 4.42 Å². The number of rotatable bonds is 4. The van der Waals surface area contributed by atoms with Crippen molar-refractivity contribution in [3.63, 3.8) is 0 Å². The van der Waals surface area contributed by atoms with Crippen molar-refractivity contribution in [3.8, 4) is 11.3 Å². The number of benzene rings is 1. The molecule has 0 N–H and O–H groups in total. The number of nitro benzene ring substituents is 1. The largest absolute Gasteiger partial charge is 0.455 e. The Kier molecular flexibility index (Phi) is 3.26. The van der Waals surface area contributed by atoms with Crippen molar-refractivity contribution in [3.05, 3.63) is 64.9 Å². The van der Waals surface area contributed by atoms with Crippen LogP contribution in [0.4, 0.5) is 5.69 Å². The molecule has 0 aliphatic rings. The molecule has 104 valence electrons. The zero-order valence-electron chi connectivity index (χ0n) is 10.7. The highest BCUT2D eigenvalue weighted by atomic mass is 16.6. The third-order valence-electron chi connectivity index (χ3n) is 2.72. The van der Waals surface area contributed by atoms with E-state index < -0.39 is 4.92 Å². The Bertz CT molecular complexity index is 792. The molecule has 0 saturated heterocycles. The monoisotopic (exact) mass is 283 g/mol. The van der Waals surface area contributed by atoms with Gasteiger partial charge in [0.1, 0.15) is 24.2 Å². The number of aromatic nitrogens is 3. The van der Waals surface area contributed by atoms with Gasteiger partial charge in [-0.2, -0.15) is 5.10 Å². The lowest BCUT2D eigenvalue weighted by molar-refractivity contribution is -0.384. The van der Waals surface area contributed by atoms with Gasteiger partial charge in [-0.15, -0.1) is 10.2 Å². The Labute approximate surface area is 118 Å². The summed E-state index contributed by atoms with van der Waals surface area (Å²) in [4.78, 5) is 10.6. The molecular formula is C13H9N5O3. The van der Waals surface area contributed by atoms with Gasteiger partial charge in [0.15, 0.2) is 0 Å². The zero-order valence-corrected chi connectivity index (χ0v) is 10.7. The summed E-state index contributed by atoms with van der Waals surface area (Å²) in [5.74, 6) is 0.879. The highest BCUT2D eigenvalue weighted by molar-refractivity contribution is 5.78. The summed E-state index contributed by atoms with van der Waals surface area (Å²) in [6, 6.07) is 9.74. The van der Waals surface area contributed by atoms with Gasteiger partial charge in [-0.3, -0.25) is 10.1 Å². The maximum Gasteiger partial charge on any atom is 0.280 e. The minimum atomic E-state index is -0.442. The zero-order chi connectivity index (χ0) is 14.7. The van der Waals surface area contributed by atoms with E-state index in [1.54, 1.807) is 30.3 Å². The fraction of sp³-hybridized carbons (Fsp3) is 0. The SMILES string of the molecule is O=[N+]([O-])c1ccccc1-c1ccc(/C=N/n2cnnc2)o1. The van der Waals surface area contributed by atoms with Gasteiger partial charge in [-0.05, 0) is 18.2 Å². The predicted molar refractivity (Wildman–Crippen MR) is 73.8 cm³/mol. The van der Waals surface area contributed by atoms with Crippen LogP contribution in [0.25, 0.3) is 11.3 Å². The molecule has 21 heavy (non-hydrogen) atoms. The minimum absolute atomic E-state index is 0.00542. The van der Waals surface area contributed by atoms with Gasteiger partial charge in [-0.25, -0.2) is 4.68 Å². The summed E-state index contributed by atoms with van der Waals surface area (Å²) in [6.45, 7) is 0. The average molecular weight is 283 g/mol. The Hall–Kier alpha value is -3.29. The van der Waals surface area contributed by atoms with Gasteiger partial charge >= 0.3 is 0 Å². The van der Waals surface area contributed by atoms with Crippen molar-refractivity contribution in [2.45, 2.75) is 0 Å². The van der Waals surface area contributed by atoms with Crippen LogP contribution in [-0.4, -0.2) is 26.0 Å². The topological polar surface area (TPSA) is 99.3 Å². The summed E-state index contributed by atoms with van der Waals surface area (Å²) in [7, 11) is 0. The number of furan rings is 1. The highest BCUT2D eigenvalue weighted by Crippen LogP contribution is 2.30. The van der Waals surface area contributed by atoms with E-state index in [1.165, 1.54) is 29.6 Å². The molecule has 3 rings (SSSR count). The second kappa shape index (κ2) is 5.37. The van der Waals surface area contributed by atoms with Gasteiger partial charge in [0.2, 0.25) is 0 Å². The van der Waals surface area contributed by atoms with Crippen LogP contribution in [0.15, 0.2) is 58.6 Å². The normalized spacial score (nSPS) is 11.0. The van der Waals surface area contributed by atoms with Gasteiger partial charge in [-0.1, -0.05) is 12.1 Å². The van der Waals surface area contributed by atoms with Crippen LogP contribution in [0, 0.1) is 10.1 Å². The van der Waals surface area contributed by atoms with E-state index in [9.17, 15) is 10.1 Å². The van der Waals surface area contributed by atoms with Gasteiger partial charge in [0.25, 0.3) is 5.69 Å². The van der Waals surface area contributed by atoms with Crippen LogP contribution < -0.4 is 0 Å². The smallest absolute Gasteiger partial charge is 0.280 e. The van der Waals surface area contributed by atoms with Gasteiger partial charge in [0, 0.05) is 6.07 Å². The molecule has 3 aromatic rings. The lowest BCUT2D eigenvalue weighted by Crippen LogP contribution is -1.90. The molecule has 8 nitrogen and oxygen atoms in total. The van der Waals surface area contributed by atoms with E-state index in [-0.39, 0.29) is 5.69 Å². The lowest BCUT2D eigenvalue weighted by Gasteiger charge is -1.98. The second-order valence-electron chi connectivity index (χ2n) is 4.06. The molecule has 0 atom stereocenters. The Morgan fingerprint density at radius 2 is 1.95 bits per heavy atom. The van der Waals surface area contributed by atoms with Crippen molar-refractivity contribution in [2.24, 2.45) is 5.10 Å². The lowest BCUT2D eigenvalue weighted by atomic mass is 10.1. The van der Waals surface area contributed by atoms with Crippen molar-refractivity contribution in [2.75, 3.05) is 0 Å². The van der Waals surface area contributed by atoms with Crippen LogP contribution in [0.5, 0.6) is 0 Å². The van der Waals surface area contributed by atoms with Crippen LogP contribution >= 0.6 is 0 Å². The average Bonchev–Trinajstić information content (AvgIpc) is 3.16. The number of nitro groups is 1. The van der Waals surface area contributed by atoms with Crippen molar-refractivity contribution in [1.29, 1.82) is 0 Å². The standard InChI is InChI=1S/C13H9N5O3/c19-18(20)12-4-2-1-3-11(12)13-6-5-10(21-13)7-16-17-8-14-15-9-17/h1-9H/b16-7+. The quantitative estimate of drug-likeness (QED) is 0.415. The predicted octanol–water partition coefficient (Wildman–Crippen LogP) is 2.33. The molecule has 0 saturated carbocycles. The summed E-state index contributed by atoms with van der Waals surface area (Å²) >= 11 is 0. The van der Waals surface area contributed by atoms with E-state index in [2.05, 4.69) is 15.3 Å². The van der Waals surface area contributed by atoms with E-state index in [1.807, 2.05) is 0 Å². The first-order chi connectivity index (χ1) is 10.2. The van der Waals surface area contributed by atoms with E-state index in [0.717, 1.165) is 0 Å². The molecule has 2 heterocycles. The third-order valence-corrected chi connectivity index (χ3v) is 2.72. The number of hydrogen-bond acceptors (Lipinski definition) is 6. The molecule has 0 fully saturated rings. The molecule has 0 spiro atoms. The fourth-order valence-electron chi connectivity index (χ4n) is 1.79.